The van der Waals surface area contributed by atoms with E-state index in [2.05, 4.69) is 4.98 Å². The number of anilines is 1. The van der Waals surface area contributed by atoms with E-state index in [0.29, 0.717) is 0 Å². The summed E-state index contributed by atoms with van der Waals surface area (Å²) in [6.07, 6.45) is -1.40. The number of hydrogen-bond donors (Lipinski definition) is 3. The summed E-state index contributed by atoms with van der Waals surface area (Å²) >= 11 is 5.61. The second kappa shape index (κ2) is 5.07. The molecular weight excluding hydrogens is 262 g/mol. The minimum absolute atomic E-state index is 0.0879. The molecule has 2 heterocycles. The average molecular weight is 274 g/mol. The van der Waals surface area contributed by atoms with Crippen LogP contribution in [0.4, 0.5) is 5.82 Å². The van der Waals surface area contributed by atoms with E-state index in [4.69, 9.17) is 27.2 Å². The van der Waals surface area contributed by atoms with Crippen molar-refractivity contribution in [2.75, 3.05) is 12.3 Å². The van der Waals surface area contributed by atoms with Crippen molar-refractivity contribution >= 4 is 17.4 Å². The summed E-state index contributed by atoms with van der Waals surface area (Å²) in [5.41, 5.74) is 6.17. The first-order chi connectivity index (χ1) is 8.58. The Bertz CT molecular complexity index is 530. The van der Waals surface area contributed by atoms with Gasteiger partial charge in [-0.15, -0.1) is 0 Å². The van der Waals surface area contributed by atoms with Gasteiger partial charge >= 0.3 is 5.69 Å². The van der Waals surface area contributed by atoms with Crippen LogP contribution in [0.5, 0.6) is 0 Å². The molecule has 98 valence electrons. The Morgan fingerprint density at radius 3 is 2.94 bits per heavy atom. The number of halogens is 1. The monoisotopic (exact) mass is 273 g/mol. The zero-order valence-electron chi connectivity index (χ0n) is 9.23. The number of hydrogen-bond acceptors (Lipinski definition) is 6. The van der Waals surface area contributed by atoms with Gasteiger partial charge in [-0.25, -0.2) is 4.79 Å². The topological polar surface area (TPSA) is 111 Å². The van der Waals surface area contributed by atoms with Gasteiger partial charge in [0, 0.05) is 17.3 Å². The van der Waals surface area contributed by atoms with E-state index in [1.807, 2.05) is 0 Å². The number of aliphatic hydroxyl groups excluding tert-OH is 2. The van der Waals surface area contributed by atoms with Gasteiger partial charge in [0.25, 0.3) is 0 Å². The van der Waals surface area contributed by atoms with Crippen LogP contribution in [0, 0.1) is 0 Å². The van der Waals surface area contributed by atoms with Gasteiger partial charge in [-0.1, -0.05) is 11.6 Å². The fraction of sp³-hybridized carbons (Fsp3) is 0.400. The van der Waals surface area contributed by atoms with Crippen molar-refractivity contribution in [3.8, 4) is 0 Å². The predicted molar refractivity (Wildman–Crippen MR) is 63.8 cm³/mol. The number of aromatic nitrogens is 2. The van der Waals surface area contributed by atoms with Crippen molar-refractivity contribution in [3.05, 3.63) is 33.9 Å². The third-order valence-electron chi connectivity index (χ3n) is 2.69. The molecule has 2 rings (SSSR count). The number of rotatable bonds is 2. The number of nitrogen functional groups attached to an aromatic ring is 1. The average Bonchev–Trinajstić information content (AvgIpc) is 2.65. The molecule has 1 saturated heterocycles. The number of ether oxygens (including phenoxy) is 1. The smallest absolute Gasteiger partial charge is 0.351 e. The molecule has 1 aliphatic rings. The van der Waals surface area contributed by atoms with Crippen molar-refractivity contribution in [2.24, 2.45) is 0 Å². The highest BCUT2D eigenvalue weighted by atomic mass is 35.5. The van der Waals surface area contributed by atoms with Gasteiger partial charge in [0.15, 0.2) is 6.23 Å². The number of aliphatic hydroxyl groups is 2. The van der Waals surface area contributed by atoms with E-state index < -0.39 is 24.1 Å². The lowest BCUT2D eigenvalue weighted by Crippen LogP contribution is -2.28. The maximum Gasteiger partial charge on any atom is 0.351 e. The highest BCUT2D eigenvalue weighted by Gasteiger charge is 2.39. The van der Waals surface area contributed by atoms with Gasteiger partial charge in [0.1, 0.15) is 18.0 Å². The van der Waals surface area contributed by atoms with E-state index in [0.717, 1.165) is 10.1 Å². The molecule has 0 spiro atoms. The van der Waals surface area contributed by atoms with Gasteiger partial charge in [-0.2, -0.15) is 4.98 Å². The second-order valence-electron chi connectivity index (χ2n) is 3.81. The molecule has 8 heteroatoms. The van der Waals surface area contributed by atoms with E-state index >= 15 is 0 Å². The maximum atomic E-state index is 11.7. The minimum atomic E-state index is -1.07. The van der Waals surface area contributed by atoms with Crippen molar-refractivity contribution in [2.45, 2.75) is 18.4 Å². The van der Waals surface area contributed by atoms with Gasteiger partial charge < -0.3 is 20.7 Å². The molecule has 0 radical (unpaired) electrons. The summed E-state index contributed by atoms with van der Waals surface area (Å²) in [7, 11) is 0. The highest BCUT2D eigenvalue weighted by molar-refractivity contribution is 6.25. The first-order valence-electron chi connectivity index (χ1n) is 5.17. The molecule has 0 saturated carbocycles. The third kappa shape index (κ3) is 2.13. The Kier molecular flexibility index (Phi) is 3.67. The Labute approximate surface area is 107 Å². The van der Waals surface area contributed by atoms with Gasteiger partial charge in [-0.05, 0) is 6.07 Å². The highest BCUT2D eigenvalue weighted by Crippen LogP contribution is 2.33. The normalized spacial score (nSPS) is 29.9. The Hall–Kier alpha value is -1.41. The molecular formula is C10H12ClN3O4. The molecule has 0 aliphatic carbocycles. The fourth-order valence-electron chi connectivity index (χ4n) is 1.77. The van der Waals surface area contributed by atoms with Crippen molar-refractivity contribution in [1.82, 2.24) is 9.55 Å². The Morgan fingerprint density at radius 1 is 1.67 bits per heavy atom. The molecule has 1 aromatic heterocycles. The van der Waals surface area contributed by atoms with Crippen LogP contribution in [0.2, 0.25) is 0 Å². The zero-order chi connectivity index (χ0) is 13.3. The summed E-state index contributed by atoms with van der Waals surface area (Å²) in [6, 6.07) is 1.43. The lowest BCUT2D eigenvalue weighted by molar-refractivity contribution is -0.0447. The molecule has 18 heavy (non-hydrogen) atoms. The zero-order valence-corrected chi connectivity index (χ0v) is 9.99. The molecule has 1 aromatic rings. The molecule has 4 N–H and O–H groups in total. The van der Waals surface area contributed by atoms with Crippen molar-refractivity contribution < 1.29 is 14.9 Å². The SMILES string of the molecule is Nc1ccn(C2O[C@H](CO)[C@@H](O)C2=CCl)c(=O)n1. The predicted octanol–water partition coefficient (Wildman–Crippen LogP) is -0.801. The fourth-order valence-corrected chi connectivity index (χ4v) is 2.01. The van der Waals surface area contributed by atoms with Crippen LogP contribution < -0.4 is 11.4 Å². The summed E-state index contributed by atoms with van der Waals surface area (Å²) in [5.74, 6) is 0.0879. The number of nitrogens with two attached hydrogens (primary N) is 1. The standard InChI is InChI=1S/C10H12ClN3O4/c11-3-5-8(16)6(4-15)18-9(5)14-2-1-7(12)13-10(14)17/h1-3,6,8-9,15-16H,4H2,(H2,12,13,17)/t6-,8+,9?/m1/s1. The van der Waals surface area contributed by atoms with Crippen LogP contribution in [0.1, 0.15) is 6.23 Å². The van der Waals surface area contributed by atoms with Crippen LogP contribution in [0.15, 0.2) is 28.2 Å². The van der Waals surface area contributed by atoms with Gasteiger partial charge in [0.05, 0.1) is 6.61 Å². The summed E-state index contributed by atoms with van der Waals surface area (Å²) in [5, 5.41) is 18.9. The van der Waals surface area contributed by atoms with Crippen LogP contribution in [0.25, 0.3) is 0 Å². The maximum absolute atomic E-state index is 11.7. The molecule has 0 amide bonds. The second-order valence-corrected chi connectivity index (χ2v) is 4.02. The molecule has 1 unspecified atom stereocenters. The lowest BCUT2D eigenvalue weighted by Gasteiger charge is -2.14. The van der Waals surface area contributed by atoms with Crippen LogP contribution in [-0.4, -0.2) is 38.6 Å². The first kappa shape index (κ1) is 13.0. The number of nitrogens with zero attached hydrogens (tertiary/aromatic N) is 2. The summed E-state index contributed by atoms with van der Waals surface area (Å²) in [6.45, 7) is -0.386. The Balaban J connectivity index is 2.41. The minimum Gasteiger partial charge on any atom is -0.394 e. The van der Waals surface area contributed by atoms with E-state index in [1.165, 1.54) is 12.3 Å². The van der Waals surface area contributed by atoms with Crippen LogP contribution in [0.3, 0.4) is 0 Å². The van der Waals surface area contributed by atoms with Crippen LogP contribution in [-0.2, 0) is 4.74 Å². The Morgan fingerprint density at radius 2 is 2.39 bits per heavy atom. The van der Waals surface area contributed by atoms with E-state index in [9.17, 15) is 9.90 Å². The molecule has 3 atom stereocenters. The van der Waals surface area contributed by atoms with Crippen molar-refractivity contribution in [1.29, 1.82) is 0 Å². The third-order valence-corrected chi connectivity index (χ3v) is 2.94. The van der Waals surface area contributed by atoms with Gasteiger partial charge in [0.2, 0.25) is 0 Å². The molecule has 0 aromatic carbocycles. The summed E-state index contributed by atoms with van der Waals surface area (Å²) in [4.78, 5) is 15.2. The van der Waals surface area contributed by atoms with Gasteiger partial charge in [-0.3, -0.25) is 4.57 Å². The van der Waals surface area contributed by atoms with E-state index in [1.54, 1.807) is 0 Å². The van der Waals surface area contributed by atoms with Crippen molar-refractivity contribution in [3.63, 3.8) is 0 Å². The molecule has 0 bridgehead atoms. The molecule has 1 fully saturated rings. The van der Waals surface area contributed by atoms with E-state index in [-0.39, 0.29) is 18.0 Å². The molecule has 1 aliphatic heterocycles. The van der Waals surface area contributed by atoms with Crippen LogP contribution >= 0.6 is 11.6 Å². The largest absolute Gasteiger partial charge is 0.394 e. The molecule has 7 nitrogen and oxygen atoms in total. The summed E-state index contributed by atoms with van der Waals surface area (Å²) < 4.78 is 6.50. The quantitative estimate of drug-likeness (QED) is 0.650. The first-order valence-corrected chi connectivity index (χ1v) is 5.61. The lowest BCUT2D eigenvalue weighted by atomic mass is 10.1.